The number of amides is 2. The second-order valence-electron chi connectivity index (χ2n) is 4.99. The Labute approximate surface area is 171 Å². The van der Waals surface area contributed by atoms with Gasteiger partial charge >= 0.3 is 57.4 Å². The predicted octanol–water partition coefficient (Wildman–Crippen LogP) is -1.80. The van der Waals surface area contributed by atoms with Crippen LogP contribution in [0, 0.1) is 6.92 Å². The number of aliphatic carboxylic acids is 1. The number of nitrogens with one attached hydrogen (secondary N) is 1. The van der Waals surface area contributed by atoms with Crippen LogP contribution in [0.25, 0.3) is 11.0 Å². The zero-order valence-corrected chi connectivity index (χ0v) is 16.3. The van der Waals surface area contributed by atoms with Crippen molar-refractivity contribution in [2.75, 3.05) is 13.6 Å². The van der Waals surface area contributed by atoms with Gasteiger partial charge in [0.05, 0.1) is 18.6 Å². The van der Waals surface area contributed by atoms with E-state index in [0.29, 0.717) is 5.76 Å². The molecule has 0 bridgehead atoms. The normalized spacial score (nSPS) is 11.6. The number of hydrogen-bond donors (Lipinski definition) is 1. The van der Waals surface area contributed by atoms with E-state index in [1.54, 1.807) is 6.92 Å². The summed E-state index contributed by atoms with van der Waals surface area (Å²) in [6.45, 7) is 3.25. The van der Waals surface area contributed by atoms with E-state index in [1.807, 2.05) is 31.2 Å². The van der Waals surface area contributed by atoms with Gasteiger partial charge < -0.3 is 24.5 Å². The molecule has 0 fully saturated rings. The number of likely N-dealkylation sites (N-methyl/N-ethyl adjacent to an activating group) is 1. The molecule has 1 heterocycles. The first-order chi connectivity index (χ1) is 9.90. The maximum absolute atomic E-state index is 11.9. The quantitative estimate of drug-likeness (QED) is 0.671. The molecule has 1 aromatic carbocycles. The van der Waals surface area contributed by atoms with E-state index in [0.717, 1.165) is 21.4 Å². The zero-order valence-electron chi connectivity index (χ0n) is 13.2. The molecular weight excluding hydrogens is 311 g/mol. The molecule has 0 saturated heterocycles. The molecule has 0 aliphatic heterocycles. The van der Waals surface area contributed by atoms with Crippen molar-refractivity contribution >= 4 is 23.0 Å². The standard InChI is InChI=1S/C15H18N2O4.K/c1-9-11-6-4-5-7-12(11)21-14(9)10(2)16-15(20)17(3)8-13(18)19;/h4-7,10H,8H2,1-3H3,(H,16,20)(H,18,19);/q;+1/p-1/t10-;/m1./s1. The second kappa shape index (κ2) is 8.12. The number of aryl methyl sites for hydroxylation is 1. The fraction of sp³-hybridized carbons (Fsp3) is 0.333. The molecular formula is C15H17KN2O4. The van der Waals surface area contributed by atoms with Gasteiger partial charge in [-0.15, -0.1) is 0 Å². The molecule has 0 aliphatic carbocycles. The summed E-state index contributed by atoms with van der Waals surface area (Å²) in [5.41, 5.74) is 1.72. The molecule has 1 N–H and O–H groups in total. The van der Waals surface area contributed by atoms with Crippen LogP contribution in [-0.4, -0.2) is 30.5 Å². The van der Waals surface area contributed by atoms with Crippen molar-refractivity contribution in [1.29, 1.82) is 0 Å². The van der Waals surface area contributed by atoms with Gasteiger partial charge in [-0.25, -0.2) is 4.79 Å². The van der Waals surface area contributed by atoms with Crippen molar-refractivity contribution in [3.63, 3.8) is 0 Å². The molecule has 0 spiro atoms. The third-order valence-corrected chi connectivity index (χ3v) is 3.33. The average Bonchev–Trinajstić information content (AvgIpc) is 2.76. The Kier molecular flexibility index (Phi) is 7.08. The Morgan fingerprint density at radius 3 is 2.59 bits per heavy atom. The van der Waals surface area contributed by atoms with Crippen molar-refractivity contribution in [1.82, 2.24) is 10.2 Å². The van der Waals surface area contributed by atoms with Crippen LogP contribution < -0.4 is 61.8 Å². The van der Waals surface area contributed by atoms with Crippen LogP contribution >= 0.6 is 0 Å². The average molecular weight is 328 g/mol. The van der Waals surface area contributed by atoms with Crippen LogP contribution in [0.15, 0.2) is 28.7 Å². The number of carboxylic acid groups (broad SMARTS) is 1. The van der Waals surface area contributed by atoms with E-state index in [2.05, 4.69) is 5.32 Å². The molecule has 6 nitrogen and oxygen atoms in total. The Morgan fingerprint density at radius 2 is 2.00 bits per heavy atom. The SMILES string of the molecule is Cc1c([C@@H](C)NC(=O)N(C)CC(=O)[O-])oc2ccccc12.[K+]. The minimum absolute atomic E-state index is 0. The predicted molar refractivity (Wildman–Crippen MR) is 75.5 cm³/mol. The fourth-order valence-corrected chi connectivity index (χ4v) is 2.23. The molecule has 0 unspecified atom stereocenters. The molecule has 0 radical (unpaired) electrons. The van der Waals surface area contributed by atoms with Crippen molar-refractivity contribution in [2.24, 2.45) is 0 Å². The number of carbonyl (C=O) groups is 2. The van der Waals surface area contributed by atoms with Gasteiger partial charge in [0.2, 0.25) is 0 Å². The minimum atomic E-state index is -1.31. The fourth-order valence-electron chi connectivity index (χ4n) is 2.23. The molecule has 22 heavy (non-hydrogen) atoms. The smallest absolute Gasteiger partial charge is 0.548 e. The van der Waals surface area contributed by atoms with Crippen LogP contribution in [0.5, 0.6) is 0 Å². The molecule has 7 heteroatoms. The van der Waals surface area contributed by atoms with Gasteiger partial charge in [-0.3, -0.25) is 0 Å². The number of benzene rings is 1. The Morgan fingerprint density at radius 1 is 1.36 bits per heavy atom. The van der Waals surface area contributed by atoms with E-state index >= 15 is 0 Å². The minimum Gasteiger partial charge on any atom is -0.548 e. The van der Waals surface area contributed by atoms with Crippen molar-refractivity contribution in [3.8, 4) is 0 Å². The van der Waals surface area contributed by atoms with Crippen LogP contribution in [0.1, 0.15) is 24.3 Å². The summed E-state index contributed by atoms with van der Waals surface area (Å²) in [7, 11) is 1.39. The van der Waals surface area contributed by atoms with Crippen molar-refractivity contribution in [2.45, 2.75) is 19.9 Å². The molecule has 0 saturated carbocycles. The first-order valence-corrected chi connectivity index (χ1v) is 6.59. The van der Waals surface area contributed by atoms with Gasteiger partial charge in [-0.05, 0) is 19.9 Å². The molecule has 1 aromatic heterocycles. The summed E-state index contributed by atoms with van der Waals surface area (Å²) in [5.74, 6) is -0.647. The summed E-state index contributed by atoms with van der Waals surface area (Å²) in [5, 5.41) is 14.2. The summed E-state index contributed by atoms with van der Waals surface area (Å²) in [6.07, 6.45) is 0. The number of rotatable bonds is 4. The van der Waals surface area contributed by atoms with E-state index in [4.69, 9.17) is 4.42 Å². The molecule has 2 aromatic rings. The van der Waals surface area contributed by atoms with Gasteiger partial charge in [0.1, 0.15) is 11.3 Å². The second-order valence-corrected chi connectivity index (χ2v) is 4.99. The third kappa shape index (κ3) is 4.33. The Hall–Kier alpha value is -0.864. The summed E-state index contributed by atoms with van der Waals surface area (Å²) in [4.78, 5) is 23.4. The molecule has 2 amide bonds. The summed E-state index contributed by atoms with van der Waals surface area (Å²) < 4.78 is 5.76. The number of nitrogens with zero attached hydrogens (tertiary/aromatic N) is 1. The number of carboxylic acids is 1. The number of hydrogen-bond acceptors (Lipinski definition) is 4. The number of carbonyl (C=O) groups excluding carboxylic acids is 2. The maximum Gasteiger partial charge on any atom is 1.00 e. The van der Waals surface area contributed by atoms with Crippen molar-refractivity contribution < 1.29 is 70.5 Å². The van der Waals surface area contributed by atoms with Crippen molar-refractivity contribution in [3.05, 3.63) is 35.6 Å². The summed E-state index contributed by atoms with van der Waals surface area (Å²) >= 11 is 0. The third-order valence-electron chi connectivity index (χ3n) is 3.33. The molecule has 1 atom stereocenters. The number of furan rings is 1. The monoisotopic (exact) mass is 328 g/mol. The molecule has 112 valence electrons. The van der Waals surface area contributed by atoms with E-state index < -0.39 is 18.5 Å². The Balaban J connectivity index is 0.00000242. The van der Waals surface area contributed by atoms with E-state index in [-0.39, 0.29) is 57.4 Å². The number of para-hydroxylation sites is 1. The molecule has 2 rings (SSSR count). The molecule has 0 aliphatic rings. The Bertz CT molecular complexity index is 683. The number of urea groups is 1. The zero-order chi connectivity index (χ0) is 15.6. The first-order valence-electron chi connectivity index (χ1n) is 6.59. The van der Waals surface area contributed by atoms with Gasteiger partial charge in [0.15, 0.2) is 0 Å². The van der Waals surface area contributed by atoms with E-state index in [1.165, 1.54) is 7.05 Å². The maximum atomic E-state index is 11.9. The number of fused-ring (bicyclic) bond motifs is 1. The summed E-state index contributed by atoms with van der Waals surface area (Å²) in [6, 6.07) is 6.76. The topological polar surface area (TPSA) is 85.6 Å². The van der Waals surface area contributed by atoms with Gasteiger partial charge in [-0.2, -0.15) is 0 Å². The van der Waals surface area contributed by atoms with Crippen LogP contribution in [0.4, 0.5) is 4.79 Å². The van der Waals surface area contributed by atoms with Crippen LogP contribution in [0.3, 0.4) is 0 Å². The first kappa shape index (κ1) is 19.2. The largest absolute Gasteiger partial charge is 1.00 e. The van der Waals surface area contributed by atoms with Gasteiger partial charge in [-0.1, -0.05) is 18.2 Å². The van der Waals surface area contributed by atoms with Crippen LogP contribution in [0.2, 0.25) is 0 Å². The van der Waals surface area contributed by atoms with Gasteiger partial charge in [0, 0.05) is 18.0 Å². The van der Waals surface area contributed by atoms with E-state index in [9.17, 15) is 14.7 Å². The van der Waals surface area contributed by atoms with Crippen LogP contribution in [-0.2, 0) is 4.79 Å². The van der Waals surface area contributed by atoms with Gasteiger partial charge in [0.25, 0.3) is 0 Å².